The lowest BCUT2D eigenvalue weighted by molar-refractivity contribution is -0.185. The van der Waals surface area contributed by atoms with E-state index in [1.165, 1.54) is 29.7 Å². The van der Waals surface area contributed by atoms with Crippen molar-refractivity contribution in [3.63, 3.8) is 0 Å². The molecular formula is C28H29FN4O4S. The van der Waals surface area contributed by atoms with E-state index >= 15 is 0 Å². The molecule has 2 amide bonds. The lowest BCUT2D eigenvalue weighted by Crippen LogP contribution is -2.44. The Bertz CT molecular complexity index is 1340. The van der Waals surface area contributed by atoms with Crippen LogP contribution in [0.5, 0.6) is 0 Å². The van der Waals surface area contributed by atoms with Crippen LogP contribution in [0.15, 0.2) is 59.0 Å². The molecule has 198 valence electrons. The Balaban J connectivity index is 1.20. The van der Waals surface area contributed by atoms with Gasteiger partial charge in [0.25, 0.3) is 11.8 Å². The standard InChI is InChI=1S/C28H29FN4O4S/c1-19-18-38-27(24(19)26(35)32-30-16-20-4-3-7-23(29)15-20)31-25(34)22-6-2-5-21(14-22)17-33-10-8-28(9-11-33)36-12-13-37-28/h2-7,14-16,18H,8-13,17H2,1H3,(H,31,34)(H,32,35). The molecule has 2 fully saturated rings. The molecule has 3 heterocycles. The Morgan fingerprint density at radius 3 is 2.63 bits per heavy atom. The van der Waals surface area contributed by atoms with Gasteiger partial charge in [-0.05, 0) is 53.3 Å². The average Bonchev–Trinajstić information content (AvgIpc) is 3.52. The molecule has 10 heteroatoms. The van der Waals surface area contributed by atoms with E-state index in [4.69, 9.17) is 9.47 Å². The number of hydrogen-bond acceptors (Lipinski definition) is 7. The first-order chi connectivity index (χ1) is 18.4. The third-order valence-corrected chi connectivity index (χ3v) is 7.70. The zero-order valence-corrected chi connectivity index (χ0v) is 21.9. The van der Waals surface area contributed by atoms with Crippen LogP contribution in [-0.4, -0.2) is 55.0 Å². The van der Waals surface area contributed by atoms with Crippen LogP contribution in [0.2, 0.25) is 0 Å². The minimum absolute atomic E-state index is 0.295. The Morgan fingerprint density at radius 1 is 1.11 bits per heavy atom. The third kappa shape index (κ3) is 6.16. The fourth-order valence-electron chi connectivity index (χ4n) is 4.71. The highest BCUT2D eigenvalue weighted by molar-refractivity contribution is 7.15. The van der Waals surface area contributed by atoms with Crippen LogP contribution in [0, 0.1) is 12.7 Å². The molecule has 0 bridgehead atoms. The number of nitrogens with zero attached hydrogens (tertiary/aromatic N) is 2. The number of anilines is 1. The number of hydrazone groups is 1. The Labute approximate surface area is 224 Å². The van der Waals surface area contributed by atoms with Crippen molar-refractivity contribution in [2.75, 3.05) is 31.6 Å². The molecule has 2 aliphatic heterocycles. The maximum atomic E-state index is 13.3. The first-order valence-electron chi connectivity index (χ1n) is 12.5. The van der Waals surface area contributed by atoms with E-state index in [1.54, 1.807) is 30.5 Å². The molecule has 3 aromatic rings. The fourth-order valence-corrected chi connectivity index (χ4v) is 5.64. The SMILES string of the molecule is Cc1csc(NC(=O)c2cccc(CN3CCC4(CC3)OCCO4)c2)c1C(=O)NN=Cc1cccc(F)c1. The summed E-state index contributed by atoms with van der Waals surface area (Å²) in [5.74, 6) is -1.55. The van der Waals surface area contributed by atoms with Gasteiger partial charge in [-0.2, -0.15) is 5.10 Å². The summed E-state index contributed by atoms with van der Waals surface area (Å²) >= 11 is 1.27. The highest BCUT2D eigenvalue weighted by atomic mass is 32.1. The van der Waals surface area contributed by atoms with Crippen molar-refractivity contribution < 1.29 is 23.5 Å². The summed E-state index contributed by atoms with van der Waals surface area (Å²) in [6.45, 7) is 5.57. The number of nitrogens with one attached hydrogen (secondary N) is 2. The molecule has 1 aromatic heterocycles. The lowest BCUT2D eigenvalue weighted by Gasteiger charge is -2.37. The van der Waals surface area contributed by atoms with Gasteiger partial charge in [0.2, 0.25) is 0 Å². The Morgan fingerprint density at radius 2 is 1.87 bits per heavy atom. The lowest BCUT2D eigenvalue weighted by atomic mass is 10.0. The Kier molecular flexibility index (Phi) is 7.94. The normalized spacial score (nSPS) is 17.2. The molecule has 8 nitrogen and oxygen atoms in total. The predicted octanol–water partition coefficient (Wildman–Crippen LogP) is 4.55. The van der Waals surface area contributed by atoms with Crippen molar-refractivity contribution >= 4 is 34.4 Å². The first kappa shape index (κ1) is 26.2. The largest absolute Gasteiger partial charge is 0.347 e. The summed E-state index contributed by atoms with van der Waals surface area (Å²) in [6, 6.07) is 13.4. The zero-order valence-electron chi connectivity index (χ0n) is 21.0. The van der Waals surface area contributed by atoms with Crippen LogP contribution in [0.25, 0.3) is 0 Å². The van der Waals surface area contributed by atoms with Crippen LogP contribution in [-0.2, 0) is 16.0 Å². The minimum atomic E-state index is -0.460. The molecule has 2 aliphatic rings. The number of benzene rings is 2. The maximum Gasteiger partial charge on any atom is 0.274 e. The predicted molar refractivity (Wildman–Crippen MR) is 144 cm³/mol. The molecule has 0 aliphatic carbocycles. The number of halogens is 1. The van der Waals surface area contributed by atoms with E-state index in [1.807, 2.05) is 18.2 Å². The van der Waals surface area contributed by atoms with Crippen molar-refractivity contribution in [2.24, 2.45) is 5.10 Å². The highest BCUT2D eigenvalue weighted by Gasteiger charge is 2.39. The van der Waals surface area contributed by atoms with Gasteiger partial charge in [0.05, 0.1) is 25.0 Å². The molecule has 1 spiro atoms. The van der Waals surface area contributed by atoms with Crippen LogP contribution in [0.1, 0.15) is 50.2 Å². The van der Waals surface area contributed by atoms with Gasteiger partial charge in [0, 0.05) is 38.0 Å². The van der Waals surface area contributed by atoms with Gasteiger partial charge in [-0.15, -0.1) is 11.3 Å². The summed E-state index contributed by atoms with van der Waals surface area (Å²) < 4.78 is 25.0. The molecule has 2 aromatic carbocycles. The second kappa shape index (κ2) is 11.5. The molecule has 5 rings (SSSR count). The van der Waals surface area contributed by atoms with Crippen molar-refractivity contribution in [1.29, 1.82) is 0 Å². The van der Waals surface area contributed by atoms with Gasteiger partial charge in [0.1, 0.15) is 10.8 Å². The van der Waals surface area contributed by atoms with E-state index < -0.39 is 11.7 Å². The number of likely N-dealkylation sites (tertiary alicyclic amines) is 1. The summed E-state index contributed by atoms with van der Waals surface area (Å²) in [6.07, 6.45) is 3.03. The van der Waals surface area contributed by atoms with E-state index in [2.05, 4.69) is 20.7 Å². The zero-order chi connectivity index (χ0) is 26.5. The number of piperidine rings is 1. The number of amides is 2. The van der Waals surface area contributed by atoms with Crippen molar-refractivity contribution in [3.05, 3.63) is 87.5 Å². The van der Waals surface area contributed by atoms with Crippen molar-refractivity contribution in [2.45, 2.75) is 32.1 Å². The van der Waals surface area contributed by atoms with Crippen LogP contribution in [0.4, 0.5) is 9.39 Å². The molecule has 0 atom stereocenters. The number of hydrogen-bond donors (Lipinski definition) is 2. The number of carbonyl (C=O) groups is 2. The number of rotatable bonds is 7. The summed E-state index contributed by atoms with van der Waals surface area (Å²) in [5.41, 5.74) is 5.59. The molecular weight excluding hydrogens is 507 g/mol. The van der Waals surface area contributed by atoms with Gasteiger partial charge >= 0.3 is 0 Å². The van der Waals surface area contributed by atoms with Gasteiger partial charge in [0.15, 0.2) is 5.79 Å². The Hall–Kier alpha value is -3.44. The van der Waals surface area contributed by atoms with Crippen molar-refractivity contribution in [3.8, 4) is 0 Å². The first-order valence-corrected chi connectivity index (χ1v) is 13.4. The molecule has 0 radical (unpaired) electrons. The van der Waals surface area contributed by atoms with Crippen molar-refractivity contribution in [1.82, 2.24) is 10.3 Å². The second-order valence-corrected chi connectivity index (χ2v) is 10.3. The molecule has 0 unspecified atom stereocenters. The fraction of sp³-hybridized carbons (Fsp3) is 0.321. The molecule has 38 heavy (non-hydrogen) atoms. The van der Waals surface area contributed by atoms with Crippen LogP contribution >= 0.6 is 11.3 Å². The number of aryl methyl sites for hydroxylation is 1. The summed E-state index contributed by atoms with van der Waals surface area (Å²) in [4.78, 5) is 28.3. The van der Waals surface area contributed by atoms with Gasteiger partial charge in [-0.25, -0.2) is 9.82 Å². The molecule has 2 saturated heterocycles. The topological polar surface area (TPSA) is 92.3 Å². The smallest absolute Gasteiger partial charge is 0.274 e. The molecule has 2 N–H and O–H groups in total. The molecule has 0 saturated carbocycles. The third-order valence-electron chi connectivity index (χ3n) is 6.68. The van der Waals surface area contributed by atoms with E-state index in [-0.39, 0.29) is 11.7 Å². The van der Waals surface area contributed by atoms with Crippen LogP contribution in [0.3, 0.4) is 0 Å². The summed E-state index contributed by atoms with van der Waals surface area (Å²) in [5, 5.41) is 9.05. The maximum absolute atomic E-state index is 13.3. The average molecular weight is 537 g/mol. The van der Waals surface area contributed by atoms with E-state index in [9.17, 15) is 14.0 Å². The number of ether oxygens (including phenoxy) is 2. The summed E-state index contributed by atoms with van der Waals surface area (Å²) in [7, 11) is 0. The highest BCUT2D eigenvalue weighted by Crippen LogP contribution is 2.32. The van der Waals surface area contributed by atoms with Gasteiger partial charge in [-0.1, -0.05) is 24.3 Å². The monoisotopic (exact) mass is 536 g/mol. The van der Waals surface area contributed by atoms with E-state index in [0.29, 0.717) is 34.9 Å². The van der Waals surface area contributed by atoms with Gasteiger partial charge < -0.3 is 14.8 Å². The number of carbonyl (C=O) groups excluding carboxylic acids is 2. The second-order valence-electron chi connectivity index (χ2n) is 9.42. The van der Waals surface area contributed by atoms with E-state index in [0.717, 1.165) is 43.6 Å². The minimum Gasteiger partial charge on any atom is -0.347 e. The number of thiophene rings is 1. The van der Waals surface area contributed by atoms with Gasteiger partial charge in [-0.3, -0.25) is 14.5 Å². The van der Waals surface area contributed by atoms with Crippen LogP contribution < -0.4 is 10.7 Å². The quantitative estimate of drug-likeness (QED) is 0.342.